The Morgan fingerprint density at radius 2 is 1.76 bits per heavy atom. The molecule has 0 unspecified atom stereocenters. The van der Waals surface area contributed by atoms with Crippen LogP contribution in [-0.2, 0) is 9.84 Å². The van der Waals surface area contributed by atoms with Crippen molar-refractivity contribution in [1.29, 1.82) is 0 Å². The number of pyridine rings is 1. The summed E-state index contributed by atoms with van der Waals surface area (Å²) in [7, 11) is -2.77. The summed E-state index contributed by atoms with van der Waals surface area (Å²) >= 11 is 0. The maximum absolute atomic E-state index is 11.5. The highest BCUT2D eigenvalue weighted by Crippen LogP contribution is 2.22. The summed E-state index contributed by atoms with van der Waals surface area (Å²) in [6.07, 6.45) is 2.19. The summed E-state index contributed by atoms with van der Waals surface area (Å²) in [5, 5.41) is 0. The summed E-state index contributed by atoms with van der Waals surface area (Å²) in [4.78, 5) is 9.29. The van der Waals surface area contributed by atoms with Gasteiger partial charge in [0.1, 0.15) is 5.82 Å². The van der Waals surface area contributed by atoms with Gasteiger partial charge in [-0.15, -0.1) is 0 Å². The highest BCUT2D eigenvalue weighted by atomic mass is 32.2. The Hall–Kier alpha value is -1.14. The topological polar surface area (TPSA) is 53.5 Å². The Labute approximate surface area is 126 Å². The molecular weight excluding hydrogens is 286 g/mol. The fourth-order valence-electron chi connectivity index (χ4n) is 3.26. The molecule has 0 N–H and O–H groups in total. The zero-order valence-corrected chi connectivity index (χ0v) is 13.3. The number of piperidine rings is 1. The Morgan fingerprint density at radius 1 is 1.10 bits per heavy atom. The minimum absolute atomic E-state index is 0.326. The molecule has 3 heterocycles. The summed E-state index contributed by atoms with van der Waals surface area (Å²) < 4.78 is 23.0. The first-order valence-corrected chi connectivity index (χ1v) is 9.49. The van der Waals surface area contributed by atoms with Crippen LogP contribution in [0.5, 0.6) is 0 Å². The van der Waals surface area contributed by atoms with Gasteiger partial charge in [-0.25, -0.2) is 13.4 Å². The lowest BCUT2D eigenvalue weighted by atomic mass is 10.0. The molecule has 1 aromatic rings. The fourth-order valence-corrected chi connectivity index (χ4v) is 4.49. The van der Waals surface area contributed by atoms with Crippen molar-refractivity contribution in [2.75, 3.05) is 42.6 Å². The molecule has 6 heteroatoms. The van der Waals surface area contributed by atoms with Crippen LogP contribution < -0.4 is 4.90 Å². The zero-order chi connectivity index (χ0) is 14.9. The van der Waals surface area contributed by atoms with Crippen LogP contribution in [0.25, 0.3) is 0 Å². The number of rotatable bonds is 2. The van der Waals surface area contributed by atoms with Gasteiger partial charge in [0.2, 0.25) is 0 Å². The molecule has 0 radical (unpaired) electrons. The molecule has 0 aromatic carbocycles. The van der Waals surface area contributed by atoms with Crippen molar-refractivity contribution in [2.45, 2.75) is 25.8 Å². The van der Waals surface area contributed by atoms with Crippen LogP contribution in [0, 0.1) is 6.92 Å². The van der Waals surface area contributed by atoms with Crippen molar-refractivity contribution in [3.8, 4) is 0 Å². The van der Waals surface area contributed by atoms with Gasteiger partial charge < -0.3 is 4.90 Å². The zero-order valence-electron chi connectivity index (χ0n) is 12.5. The lowest BCUT2D eigenvalue weighted by Gasteiger charge is -2.40. The third-order valence-electron chi connectivity index (χ3n) is 4.56. The summed E-state index contributed by atoms with van der Waals surface area (Å²) in [5.41, 5.74) is 1.05. The Balaban J connectivity index is 1.56. The minimum Gasteiger partial charge on any atom is -0.356 e. The Morgan fingerprint density at radius 3 is 2.38 bits per heavy atom. The number of sulfone groups is 1. The number of anilines is 1. The average Bonchev–Trinajstić information content (AvgIpc) is 2.47. The highest BCUT2D eigenvalue weighted by molar-refractivity contribution is 7.91. The molecule has 2 saturated heterocycles. The molecular formula is C15H23N3O2S. The van der Waals surface area contributed by atoms with E-state index in [4.69, 9.17) is 0 Å². The van der Waals surface area contributed by atoms with Crippen LogP contribution in [-0.4, -0.2) is 62.0 Å². The van der Waals surface area contributed by atoms with Crippen LogP contribution in [0.4, 0.5) is 5.82 Å². The van der Waals surface area contributed by atoms with Crippen LogP contribution in [0.2, 0.25) is 0 Å². The molecule has 2 fully saturated rings. The van der Waals surface area contributed by atoms with Crippen LogP contribution in [0.15, 0.2) is 18.2 Å². The van der Waals surface area contributed by atoms with Gasteiger partial charge in [-0.2, -0.15) is 0 Å². The van der Waals surface area contributed by atoms with Gasteiger partial charge in [0.15, 0.2) is 9.84 Å². The first-order valence-electron chi connectivity index (χ1n) is 7.67. The van der Waals surface area contributed by atoms with E-state index in [9.17, 15) is 8.42 Å². The van der Waals surface area contributed by atoms with E-state index in [1.165, 1.54) is 0 Å². The van der Waals surface area contributed by atoms with Crippen LogP contribution in [0.3, 0.4) is 0 Å². The van der Waals surface area contributed by atoms with Crippen molar-refractivity contribution in [3.05, 3.63) is 23.9 Å². The van der Waals surface area contributed by atoms with Crippen molar-refractivity contribution < 1.29 is 8.42 Å². The second-order valence-corrected chi connectivity index (χ2v) is 8.35. The second-order valence-electron chi connectivity index (χ2n) is 6.04. The lowest BCUT2D eigenvalue weighted by Crippen LogP contribution is -2.50. The maximum atomic E-state index is 11.5. The summed E-state index contributed by atoms with van der Waals surface area (Å²) in [6.45, 7) is 5.44. The highest BCUT2D eigenvalue weighted by Gasteiger charge is 2.29. The van der Waals surface area contributed by atoms with Gasteiger partial charge >= 0.3 is 0 Å². The molecule has 0 bridgehead atoms. The van der Waals surface area contributed by atoms with Gasteiger partial charge in [0.25, 0.3) is 0 Å². The van der Waals surface area contributed by atoms with E-state index in [-0.39, 0.29) is 0 Å². The third kappa shape index (κ3) is 3.55. The van der Waals surface area contributed by atoms with E-state index < -0.39 is 9.84 Å². The van der Waals surface area contributed by atoms with Crippen molar-refractivity contribution in [3.63, 3.8) is 0 Å². The third-order valence-corrected chi connectivity index (χ3v) is 6.17. The minimum atomic E-state index is -2.77. The molecule has 3 rings (SSSR count). The van der Waals surface area contributed by atoms with Gasteiger partial charge in [0.05, 0.1) is 11.5 Å². The van der Waals surface area contributed by atoms with E-state index in [2.05, 4.69) is 26.9 Å². The number of aryl methyl sites for hydroxylation is 1. The molecule has 1 aromatic heterocycles. The summed E-state index contributed by atoms with van der Waals surface area (Å²) in [6, 6.07) is 6.67. The molecule has 5 nitrogen and oxygen atoms in total. The largest absolute Gasteiger partial charge is 0.356 e. The molecule has 2 aliphatic rings. The quantitative estimate of drug-likeness (QED) is 0.818. The van der Waals surface area contributed by atoms with Gasteiger partial charge in [-0.05, 0) is 31.9 Å². The normalized spacial score (nSPS) is 24.1. The van der Waals surface area contributed by atoms with E-state index in [1.54, 1.807) is 0 Å². The number of aromatic nitrogens is 1. The standard InChI is InChI=1S/C15H23N3O2S/c1-13-3-2-4-15(16-13)18-7-5-14(6-8-18)17-9-11-21(19,20)12-10-17/h2-4,14H,5-12H2,1H3. The second kappa shape index (κ2) is 5.93. The fraction of sp³-hybridized carbons (Fsp3) is 0.667. The number of hydrogen-bond acceptors (Lipinski definition) is 5. The first-order chi connectivity index (χ1) is 10.0. The predicted molar refractivity (Wildman–Crippen MR) is 84.4 cm³/mol. The molecule has 21 heavy (non-hydrogen) atoms. The predicted octanol–water partition coefficient (Wildman–Crippen LogP) is 1.09. The van der Waals surface area contributed by atoms with Crippen LogP contribution in [0.1, 0.15) is 18.5 Å². The van der Waals surface area contributed by atoms with Gasteiger partial charge in [0, 0.05) is 37.9 Å². The Bertz CT molecular complexity index is 581. The molecule has 0 saturated carbocycles. The monoisotopic (exact) mass is 309 g/mol. The van der Waals surface area contributed by atoms with E-state index in [1.807, 2.05) is 13.0 Å². The molecule has 0 atom stereocenters. The molecule has 0 aliphatic carbocycles. The smallest absolute Gasteiger partial charge is 0.152 e. The lowest BCUT2D eigenvalue weighted by molar-refractivity contribution is 0.182. The van der Waals surface area contributed by atoms with Crippen LogP contribution >= 0.6 is 0 Å². The Kier molecular flexibility index (Phi) is 4.17. The molecule has 2 aliphatic heterocycles. The average molecular weight is 309 g/mol. The molecule has 0 amide bonds. The summed E-state index contributed by atoms with van der Waals surface area (Å²) in [5.74, 6) is 1.72. The molecule has 0 spiro atoms. The van der Waals surface area contributed by atoms with Crippen molar-refractivity contribution >= 4 is 15.7 Å². The van der Waals surface area contributed by atoms with E-state index in [0.717, 1.165) is 37.4 Å². The van der Waals surface area contributed by atoms with E-state index in [0.29, 0.717) is 30.6 Å². The SMILES string of the molecule is Cc1cccc(N2CCC(N3CCS(=O)(=O)CC3)CC2)n1. The van der Waals surface area contributed by atoms with Gasteiger partial charge in [-0.1, -0.05) is 6.07 Å². The van der Waals surface area contributed by atoms with Crippen molar-refractivity contribution in [2.24, 2.45) is 0 Å². The van der Waals surface area contributed by atoms with Gasteiger partial charge in [-0.3, -0.25) is 4.90 Å². The number of hydrogen-bond donors (Lipinski definition) is 0. The molecule has 116 valence electrons. The number of nitrogens with zero attached hydrogens (tertiary/aromatic N) is 3. The first kappa shape index (κ1) is 14.8. The van der Waals surface area contributed by atoms with E-state index >= 15 is 0 Å². The maximum Gasteiger partial charge on any atom is 0.152 e. The van der Waals surface area contributed by atoms with Crippen molar-refractivity contribution in [1.82, 2.24) is 9.88 Å².